The molecule has 0 spiro atoms. The molecule has 1 aliphatic heterocycles. The van der Waals surface area contributed by atoms with Crippen molar-refractivity contribution >= 4 is 44.2 Å². The van der Waals surface area contributed by atoms with Crippen molar-refractivity contribution in [1.29, 1.82) is 0 Å². The Labute approximate surface area is 159 Å². The first-order chi connectivity index (χ1) is 12.6. The fraction of sp³-hybridized carbons (Fsp3) is 0.278. The molecule has 1 fully saturated rings. The lowest BCUT2D eigenvalue weighted by Gasteiger charge is -2.12. The van der Waals surface area contributed by atoms with Crippen LogP contribution >= 0.6 is 22.9 Å². The minimum Gasteiger partial charge on any atom is -0.471 e. The van der Waals surface area contributed by atoms with Gasteiger partial charge in [-0.25, -0.2) is 9.97 Å². The van der Waals surface area contributed by atoms with Crippen molar-refractivity contribution in [2.75, 3.05) is 18.5 Å². The normalized spacial score (nSPS) is 16.8. The third kappa shape index (κ3) is 3.51. The molecule has 0 saturated carbocycles. The van der Waals surface area contributed by atoms with Crippen LogP contribution in [0.15, 0.2) is 30.5 Å². The molecule has 1 aromatic carbocycles. The molecule has 8 heteroatoms. The Morgan fingerprint density at radius 2 is 2.35 bits per heavy atom. The van der Waals surface area contributed by atoms with E-state index < -0.39 is 0 Å². The van der Waals surface area contributed by atoms with E-state index in [0.717, 1.165) is 22.2 Å². The van der Waals surface area contributed by atoms with E-state index in [4.69, 9.17) is 21.1 Å². The standard InChI is InChI=1S/C18H16ClN3O3S/c1-10-3-2-4-14-15(10)21-18(26-14)22-16(23)11-7-13(19)17(20-8-11)25-12-5-6-24-9-12/h2-4,7-8,12H,5-6,9H2,1H3,(H,21,22,23). The van der Waals surface area contributed by atoms with Crippen molar-refractivity contribution in [3.63, 3.8) is 0 Å². The number of benzene rings is 1. The Balaban J connectivity index is 1.50. The molecule has 1 saturated heterocycles. The summed E-state index contributed by atoms with van der Waals surface area (Å²) in [4.78, 5) is 21.1. The van der Waals surface area contributed by atoms with Gasteiger partial charge in [-0.3, -0.25) is 10.1 Å². The maximum Gasteiger partial charge on any atom is 0.259 e. The number of aryl methyl sites for hydroxylation is 1. The summed E-state index contributed by atoms with van der Waals surface area (Å²) in [7, 11) is 0. The fourth-order valence-electron chi connectivity index (χ4n) is 2.71. The number of carbonyl (C=O) groups excluding carboxylic acids is 1. The summed E-state index contributed by atoms with van der Waals surface area (Å²) in [6.45, 7) is 3.19. The molecule has 0 aliphatic carbocycles. The van der Waals surface area contributed by atoms with Gasteiger partial charge in [-0.05, 0) is 24.6 Å². The Bertz CT molecular complexity index is 969. The lowest BCUT2D eigenvalue weighted by Crippen LogP contribution is -2.17. The monoisotopic (exact) mass is 389 g/mol. The summed E-state index contributed by atoms with van der Waals surface area (Å²) in [6, 6.07) is 7.49. The van der Waals surface area contributed by atoms with Crippen LogP contribution < -0.4 is 10.1 Å². The second-order valence-electron chi connectivity index (χ2n) is 6.01. The lowest BCUT2D eigenvalue weighted by molar-refractivity contribution is 0.102. The molecule has 1 N–H and O–H groups in total. The van der Waals surface area contributed by atoms with Gasteiger partial charge in [0.25, 0.3) is 5.91 Å². The minimum absolute atomic E-state index is 0.0503. The average molecular weight is 390 g/mol. The molecule has 2 aromatic heterocycles. The molecule has 1 amide bonds. The van der Waals surface area contributed by atoms with E-state index in [1.54, 1.807) is 6.07 Å². The highest BCUT2D eigenvalue weighted by atomic mass is 35.5. The third-order valence-corrected chi connectivity index (χ3v) is 5.28. The van der Waals surface area contributed by atoms with E-state index in [1.807, 2.05) is 25.1 Å². The first-order valence-electron chi connectivity index (χ1n) is 8.17. The highest BCUT2D eigenvalue weighted by Crippen LogP contribution is 2.29. The number of aromatic nitrogens is 2. The molecular formula is C18H16ClN3O3S. The Hall–Kier alpha value is -2.22. The van der Waals surface area contributed by atoms with E-state index in [-0.39, 0.29) is 12.0 Å². The van der Waals surface area contributed by atoms with Crippen LogP contribution in [0.3, 0.4) is 0 Å². The number of para-hydroxylation sites is 1. The molecular weight excluding hydrogens is 374 g/mol. The molecule has 3 aromatic rings. The number of hydrogen-bond acceptors (Lipinski definition) is 6. The van der Waals surface area contributed by atoms with Crippen molar-refractivity contribution in [2.45, 2.75) is 19.4 Å². The van der Waals surface area contributed by atoms with Gasteiger partial charge in [0.1, 0.15) is 11.1 Å². The van der Waals surface area contributed by atoms with E-state index in [9.17, 15) is 4.79 Å². The van der Waals surface area contributed by atoms with Gasteiger partial charge in [0, 0.05) is 12.6 Å². The van der Waals surface area contributed by atoms with Gasteiger partial charge in [-0.15, -0.1) is 0 Å². The number of anilines is 1. The molecule has 0 bridgehead atoms. The highest BCUT2D eigenvalue weighted by molar-refractivity contribution is 7.22. The fourth-order valence-corrected chi connectivity index (χ4v) is 3.86. The van der Waals surface area contributed by atoms with E-state index >= 15 is 0 Å². The van der Waals surface area contributed by atoms with Crippen molar-refractivity contribution in [3.05, 3.63) is 46.6 Å². The number of nitrogens with one attached hydrogen (secondary N) is 1. The summed E-state index contributed by atoms with van der Waals surface area (Å²) in [6.07, 6.45) is 2.20. The lowest BCUT2D eigenvalue weighted by atomic mass is 10.2. The van der Waals surface area contributed by atoms with Crippen molar-refractivity contribution in [1.82, 2.24) is 9.97 Å². The van der Waals surface area contributed by atoms with Crippen LogP contribution in [0.1, 0.15) is 22.3 Å². The SMILES string of the molecule is Cc1cccc2sc(NC(=O)c3cnc(OC4CCOC4)c(Cl)c3)nc12. The number of halogens is 1. The smallest absolute Gasteiger partial charge is 0.259 e. The quantitative estimate of drug-likeness (QED) is 0.728. The topological polar surface area (TPSA) is 73.3 Å². The van der Waals surface area contributed by atoms with Crippen LogP contribution in [0.2, 0.25) is 5.02 Å². The molecule has 1 atom stereocenters. The van der Waals surface area contributed by atoms with Crippen LogP contribution in [-0.2, 0) is 4.74 Å². The number of carbonyl (C=O) groups is 1. The van der Waals surface area contributed by atoms with Gasteiger partial charge in [0.05, 0.1) is 29.0 Å². The van der Waals surface area contributed by atoms with Gasteiger partial charge in [0.15, 0.2) is 5.13 Å². The zero-order valence-electron chi connectivity index (χ0n) is 14.0. The number of fused-ring (bicyclic) bond motifs is 1. The number of nitrogens with zero attached hydrogens (tertiary/aromatic N) is 2. The number of amides is 1. The second kappa shape index (κ2) is 7.19. The minimum atomic E-state index is -0.313. The molecule has 134 valence electrons. The predicted molar refractivity (Wildman–Crippen MR) is 101 cm³/mol. The van der Waals surface area contributed by atoms with Crippen LogP contribution in [-0.4, -0.2) is 35.2 Å². The molecule has 1 unspecified atom stereocenters. The Morgan fingerprint density at radius 3 is 3.08 bits per heavy atom. The Kier molecular flexibility index (Phi) is 4.76. The number of thiazole rings is 1. The second-order valence-corrected chi connectivity index (χ2v) is 7.45. The van der Waals surface area contributed by atoms with Crippen molar-refractivity contribution < 1.29 is 14.3 Å². The molecule has 3 heterocycles. The van der Waals surface area contributed by atoms with Crippen LogP contribution in [0, 0.1) is 6.92 Å². The summed E-state index contributed by atoms with van der Waals surface area (Å²) in [5.41, 5.74) is 2.31. The number of rotatable bonds is 4. The van der Waals surface area contributed by atoms with Gasteiger partial charge in [0.2, 0.25) is 5.88 Å². The largest absolute Gasteiger partial charge is 0.471 e. The van der Waals surface area contributed by atoms with Crippen LogP contribution in [0.25, 0.3) is 10.2 Å². The van der Waals surface area contributed by atoms with E-state index in [0.29, 0.717) is 34.8 Å². The first-order valence-corrected chi connectivity index (χ1v) is 9.37. The number of ether oxygens (including phenoxy) is 2. The third-order valence-electron chi connectivity index (χ3n) is 4.08. The highest BCUT2D eigenvalue weighted by Gasteiger charge is 2.20. The zero-order valence-corrected chi connectivity index (χ0v) is 15.6. The first kappa shape index (κ1) is 17.2. The average Bonchev–Trinajstić information content (AvgIpc) is 3.26. The molecule has 26 heavy (non-hydrogen) atoms. The number of hydrogen-bond donors (Lipinski definition) is 1. The van der Waals surface area contributed by atoms with Crippen LogP contribution in [0.4, 0.5) is 5.13 Å². The van der Waals surface area contributed by atoms with E-state index in [2.05, 4.69) is 15.3 Å². The van der Waals surface area contributed by atoms with Gasteiger partial charge in [-0.2, -0.15) is 0 Å². The summed E-state index contributed by atoms with van der Waals surface area (Å²) >= 11 is 7.65. The molecule has 4 rings (SSSR count). The maximum absolute atomic E-state index is 12.5. The maximum atomic E-state index is 12.5. The zero-order chi connectivity index (χ0) is 18.1. The number of pyridine rings is 1. The predicted octanol–water partition coefficient (Wildman–Crippen LogP) is 4.07. The molecule has 0 radical (unpaired) electrons. The molecule has 1 aliphatic rings. The Morgan fingerprint density at radius 1 is 1.46 bits per heavy atom. The van der Waals surface area contributed by atoms with Crippen molar-refractivity contribution in [3.8, 4) is 5.88 Å². The van der Waals surface area contributed by atoms with E-state index in [1.165, 1.54) is 17.5 Å². The van der Waals surface area contributed by atoms with Gasteiger partial charge in [-0.1, -0.05) is 35.1 Å². The summed E-state index contributed by atoms with van der Waals surface area (Å²) in [5, 5.41) is 3.64. The van der Waals surface area contributed by atoms with Crippen molar-refractivity contribution in [2.24, 2.45) is 0 Å². The van der Waals surface area contributed by atoms with Gasteiger partial charge >= 0.3 is 0 Å². The molecule has 6 nitrogen and oxygen atoms in total. The summed E-state index contributed by atoms with van der Waals surface area (Å²) < 4.78 is 12.0. The van der Waals surface area contributed by atoms with Gasteiger partial charge < -0.3 is 9.47 Å². The summed E-state index contributed by atoms with van der Waals surface area (Å²) in [5.74, 6) is 0.00110. The van der Waals surface area contributed by atoms with Crippen LogP contribution in [0.5, 0.6) is 5.88 Å².